The third-order valence-corrected chi connectivity index (χ3v) is 6.18. The van der Waals surface area contributed by atoms with Crippen molar-refractivity contribution in [2.45, 2.75) is 12.5 Å². The minimum Gasteiger partial charge on any atom is -0.355 e. The fourth-order valence-electron chi connectivity index (χ4n) is 3.70. The van der Waals surface area contributed by atoms with Crippen molar-refractivity contribution in [1.29, 1.82) is 0 Å². The zero-order valence-corrected chi connectivity index (χ0v) is 17.0. The van der Waals surface area contributed by atoms with Crippen LogP contribution in [0.15, 0.2) is 72.1 Å². The summed E-state index contributed by atoms with van der Waals surface area (Å²) in [5.41, 5.74) is 3.84. The average Bonchev–Trinajstić information content (AvgIpc) is 3.26. The topological polar surface area (TPSA) is 49.4 Å². The molecule has 1 unspecified atom stereocenters. The average molecular weight is 403 g/mol. The number of hydrogen-bond acceptors (Lipinski definition) is 3. The maximum Gasteiger partial charge on any atom is 0.251 e. The minimum atomic E-state index is -0.123. The Hall–Kier alpha value is -3.18. The molecule has 0 saturated heterocycles. The summed E-state index contributed by atoms with van der Waals surface area (Å²) in [7, 11) is 1.61. The maximum atomic E-state index is 13.1. The number of carbonyl (C=O) groups excluding carboxylic acids is 2. The molecule has 2 heterocycles. The van der Waals surface area contributed by atoms with E-state index in [1.165, 1.54) is 10.4 Å². The van der Waals surface area contributed by atoms with Crippen LogP contribution in [0.1, 0.15) is 38.0 Å². The first-order valence-electron chi connectivity index (χ1n) is 9.59. The molecule has 29 heavy (non-hydrogen) atoms. The molecular formula is C24H22N2O2S. The highest BCUT2D eigenvalue weighted by atomic mass is 32.1. The molecule has 0 saturated carbocycles. The van der Waals surface area contributed by atoms with Gasteiger partial charge < -0.3 is 10.2 Å². The fraction of sp³-hybridized carbons (Fsp3) is 0.167. The molecule has 1 atom stereocenters. The van der Waals surface area contributed by atoms with Crippen molar-refractivity contribution in [2.24, 2.45) is 0 Å². The summed E-state index contributed by atoms with van der Waals surface area (Å²) >= 11 is 1.76. The monoisotopic (exact) mass is 402 g/mol. The van der Waals surface area contributed by atoms with Crippen LogP contribution in [-0.4, -0.2) is 30.3 Å². The number of nitrogens with one attached hydrogen (secondary N) is 1. The quantitative estimate of drug-likeness (QED) is 0.662. The van der Waals surface area contributed by atoms with Crippen molar-refractivity contribution < 1.29 is 9.59 Å². The molecule has 0 spiro atoms. The van der Waals surface area contributed by atoms with Gasteiger partial charge >= 0.3 is 0 Å². The van der Waals surface area contributed by atoms with Crippen molar-refractivity contribution in [3.05, 3.63) is 99.3 Å². The Bertz CT molecular complexity index is 1040. The zero-order chi connectivity index (χ0) is 20.2. The molecule has 2 aromatic carbocycles. The Balaban J connectivity index is 1.57. The van der Waals surface area contributed by atoms with Gasteiger partial charge in [0, 0.05) is 30.1 Å². The molecule has 0 bridgehead atoms. The van der Waals surface area contributed by atoms with E-state index in [4.69, 9.17) is 0 Å². The van der Waals surface area contributed by atoms with Gasteiger partial charge in [-0.2, -0.15) is 0 Å². The van der Waals surface area contributed by atoms with E-state index in [-0.39, 0.29) is 17.9 Å². The Morgan fingerprint density at radius 3 is 2.55 bits per heavy atom. The summed E-state index contributed by atoms with van der Waals surface area (Å²) in [6, 6.07) is 19.5. The number of fused-ring (bicyclic) bond motifs is 1. The second-order valence-corrected chi connectivity index (χ2v) is 7.93. The number of rotatable bonds is 4. The molecule has 0 radical (unpaired) electrons. The summed E-state index contributed by atoms with van der Waals surface area (Å²) in [6.07, 6.45) is 4.32. The van der Waals surface area contributed by atoms with Gasteiger partial charge in [0.2, 0.25) is 5.91 Å². The van der Waals surface area contributed by atoms with E-state index in [0.717, 1.165) is 17.5 Å². The van der Waals surface area contributed by atoms with Gasteiger partial charge in [0.15, 0.2) is 0 Å². The predicted octanol–water partition coefficient (Wildman–Crippen LogP) is 4.30. The van der Waals surface area contributed by atoms with E-state index in [1.54, 1.807) is 42.7 Å². The molecule has 1 aliphatic rings. The largest absolute Gasteiger partial charge is 0.355 e. The second kappa shape index (κ2) is 8.45. The Morgan fingerprint density at radius 2 is 1.83 bits per heavy atom. The molecule has 5 heteroatoms. The van der Waals surface area contributed by atoms with Crippen molar-refractivity contribution in [2.75, 3.05) is 13.6 Å². The van der Waals surface area contributed by atoms with Gasteiger partial charge in [-0.1, -0.05) is 42.5 Å². The van der Waals surface area contributed by atoms with Crippen LogP contribution in [0.3, 0.4) is 0 Å². The van der Waals surface area contributed by atoms with Crippen molar-refractivity contribution in [3.8, 4) is 0 Å². The first-order chi connectivity index (χ1) is 14.2. The smallest absolute Gasteiger partial charge is 0.251 e. The molecule has 4 nitrogen and oxygen atoms in total. The third kappa shape index (κ3) is 4.00. The summed E-state index contributed by atoms with van der Waals surface area (Å²) in [4.78, 5) is 28.0. The Kier molecular flexibility index (Phi) is 5.58. The third-order valence-electron chi connectivity index (χ3n) is 5.18. The molecule has 4 rings (SSSR count). The molecule has 146 valence electrons. The molecule has 1 aliphatic heterocycles. The molecule has 1 aromatic heterocycles. The number of benzene rings is 2. The van der Waals surface area contributed by atoms with Crippen LogP contribution < -0.4 is 5.32 Å². The highest BCUT2D eigenvalue weighted by Crippen LogP contribution is 2.37. The normalized spacial score (nSPS) is 15.9. The van der Waals surface area contributed by atoms with Crippen LogP contribution in [0.25, 0.3) is 6.08 Å². The Morgan fingerprint density at radius 1 is 1.07 bits per heavy atom. The Labute approximate surface area is 174 Å². The first kappa shape index (κ1) is 19.2. The van der Waals surface area contributed by atoms with E-state index in [1.807, 2.05) is 35.2 Å². The van der Waals surface area contributed by atoms with Crippen LogP contribution >= 0.6 is 11.3 Å². The zero-order valence-electron chi connectivity index (χ0n) is 16.2. The summed E-state index contributed by atoms with van der Waals surface area (Å²) in [6.45, 7) is 0.700. The van der Waals surface area contributed by atoms with Gasteiger partial charge in [-0.05, 0) is 52.8 Å². The number of nitrogens with zero attached hydrogens (tertiary/aromatic N) is 1. The molecule has 2 amide bonds. The van der Waals surface area contributed by atoms with E-state index in [9.17, 15) is 9.59 Å². The van der Waals surface area contributed by atoms with E-state index >= 15 is 0 Å². The summed E-state index contributed by atoms with van der Waals surface area (Å²) in [5.74, 6) is -0.131. The number of thiophene rings is 1. The van der Waals surface area contributed by atoms with E-state index in [2.05, 4.69) is 28.9 Å². The molecule has 0 aliphatic carbocycles. The number of carbonyl (C=O) groups is 2. The minimum absolute atomic E-state index is 0.00826. The van der Waals surface area contributed by atoms with Crippen LogP contribution in [0.4, 0.5) is 0 Å². The van der Waals surface area contributed by atoms with Gasteiger partial charge in [-0.25, -0.2) is 0 Å². The van der Waals surface area contributed by atoms with Crippen molar-refractivity contribution in [3.63, 3.8) is 0 Å². The molecule has 0 fully saturated rings. The SMILES string of the molecule is CNC(=O)c1ccc(/C=C/C(=O)N2CCc3sccc3C2c2ccccc2)cc1. The second-order valence-electron chi connectivity index (χ2n) is 6.93. The molecule has 1 N–H and O–H groups in total. The van der Waals surface area contributed by atoms with Gasteiger partial charge in [0.05, 0.1) is 6.04 Å². The summed E-state index contributed by atoms with van der Waals surface area (Å²) in [5, 5.41) is 4.71. The van der Waals surface area contributed by atoms with Crippen molar-refractivity contribution >= 4 is 29.2 Å². The molecular weight excluding hydrogens is 380 g/mol. The number of amides is 2. The van der Waals surface area contributed by atoms with Crippen LogP contribution in [0, 0.1) is 0 Å². The lowest BCUT2D eigenvalue weighted by Gasteiger charge is -2.35. The highest BCUT2D eigenvalue weighted by molar-refractivity contribution is 7.10. The van der Waals surface area contributed by atoms with E-state index in [0.29, 0.717) is 12.1 Å². The predicted molar refractivity (Wildman–Crippen MR) is 117 cm³/mol. The van der Waals surface area contributed by atoms with Gasteiger partial charge in [0.1, 0.15) is 0 Å². The lowest BCUT2D eigenvalue weighted by Crippen LogP contribution is -2.39. The van der Waals surface area contributed by atoms with Gasteiger partial charge in [-0.15, -0.1) is 11.3 Å². The van der Waals surface area contributed by atoms with Crippen LogP contribution in [0.5, 0.6) is 0 Å². The van der Waals surface area contributed by atoms with Crippen molar-refractivity contribution in [1.82, 2.24) is 10.2 Å². The summed E-state index contributed by atoms with van der Waals surface area (Å²) < 4.78 is 0. The highest BCUT2D eigenvalue weighted by Gasteiger charge is 2.31. The van der Waals surface area contributed by atoms with Crippen LogP contribution in [-0.2, 0) is 11.2 Å². The first-order valence-corrected chi connectivity index (χ1v) is 10.5. The lowest BCUT2D eigenvalue weighted by molar-refractivity contribution is -0.127. The van der Waals surface area contributed by atoms with E-state index < -0.39 is 0 Å². The van der Waals surface area contributed by atoms with Gasteiger partial charge in [-0.3, -0.25) is 9.59 Å². The van der Waals surface area contributed by atoms with Gasteiger partial charge in [0.25, 0.3) is 5.91 Å². The molecule has 3 aromatic rings. The lowest BCUT2D eigenvalue weighted by atomic mass is 9.93. The number of hydrogen-bond donors (Lipinski definition) is 1. The maximum absolute atomic E-state index is 13.1. The standard InChI is InChI=1S/C24H22N2O2S/c1-25-24(28)19-10-7-17(8-11-19)9-12-22(27)26-15-13-21-20(14-16-29-21)23(26)18-5-3-2-4-6-18/h2-12,14,16,23H,13,15H2,1H3,(H,25,28)/b12-9+. The van der Waals surface area contributed by atoms with Crippen LogP contribution in [0.2, 0.25) is 0 Å². The fourth-order valence-corrected chi connectivity index (χ4v) is 4.61.